The molecule has 1 amide bonds. The van der Waals surface area contributed by atoms with Gasteiger partial charge in [0.1, 0.15) is 5.69 Å². The van der Waals surface area contributed by atoms with Crippen LogP contribution in [-0.2, 0) is 6.42 Å². The molecule has 2 aromatic carbocycles. The predicted octanol–water partition coefficient (Wildman–Crippen LogP) is 2.37. The number of carbonyl (C=O) groups is 1. The monoisotopic (exact) mass is 460 g/mol. The fourth-order valence-corrected chi connectivity index (χ4v) is 3.45. The van der Waals surface area contributed by atoms with Gasteiger partial charge in [0, 0.05) is 11.3 Å². The Morgan fingerprint density at radius 1 is 1.15 bits per heavy atom. The van der Waals surface area contributed by atoms with Gasteiger partial charge in [0.2, 0.25) is 18.4 Å². The molecule has 1 aliphatic rings. The summed E-state index contributed by atoms with van der Waals surface area (Å²) in [5, 5.41) is 19.7. The average Bonchev–Trinajstić information content (AvgIpc) is 3.60. The Bertz CT molecular complexity index is 1360. The van der Waals surface area contributed by atoms with Gasteiger partial charge in [0.15, 0.2) is 17.2 Å². The molecule has 0 saturated carbocycles. The smallest absolute Gasteiger partial charge is 0.294 e. The fourth-order valence-electron chi connectivity index (χ4n) is 3.45. The molecule has 1 aliphatic heterocycles. The van der Waals surface area contributed by atoms with Gasteiger partial charge in [-0.25, -0.2) is 10.1 Å². The summed E-state index contributed by atoms with van der Waals surface area (Å²) in [6.07, 6.45) is 1.50. The quantitative estimate of drug-likeness (QED) is 0.312. The molecular formula is C22H20N8O4. The molecular weight excluding hydrogens is 440 g/mol. The van der Waals surface area contributed by atoms with Crippen molar-refractivity contribution in [3.05, 3.63) is 59.8 Å². The molecule has 3 N–H and O–H groups in total. The molecule has 0 radical (unpaired) electrons. The summed E-state index contributed by atoms with van der Waals surface area (Å²) in [4.78, 5) is 13.0. The number of hydrazone groups is 1. The number of rotatable bonds is 7. The number of nitrogens with zero attached hydrogens (tertiary/aromatic N) is 6. The number of anilines is 1. The highest BCUT2D eigenvalue weighted by atomic mass is 16.7. The van der Waals surface area contributed by atoms with Crippen LogP contribution in [-0.4, -0.2) is 43.7 Å². The molecule has 2 aromatic heterocycles. The van der Waals surface area contributed by atoms with E-state index in [1.54, 1.807) is 18.2 Å². The highest BCUT2D eigenvalue weighted by Crippen LogP contribution is 2.37. The molecule has 4 aromatic rings. The van der Waals surface area contributed by atoms with Crippen LogP contribution >= 0.6 is 0 Å². The van der Waals surface area contributed by atoms with E-state index < -0.39 is 5.91 Å². The number of ether oxygens (including phenoxy) is 2. The highest BCUT2D eigenvalue weighted by Gasteiger charge is 2.26. The number of aromatic nitrogens is 5. The van der Waals surface area contributed by atoms with E-state index in [9.17, 15) is 4.79 Å². The van der Waals surface area contributed by atoms with Crippen molar-refractivity contribution in [3.63, 3.8) is 0 Å². The fraction of sp³-hybridized carbons (Fsp3) is 0.182. The minimum Gasteiger partial charge on any atom is -0.454 e. The predicted molar refractivity (Wildman–Crippen MR) is 121 cm³/mol. The molecule has 0 aliphatic carbocycles. The number of hydrogen-bond acceptors (Lipinski definition) is 10. The van der Waals surface area contributed by atoms with E-state index in [2.05, 4.69) is 31.2 Å². The van der Waals surface area contributed by atoms with Crippen LogP contribution in [0, 0.1) is 0 Å². The Hall–Kier alpha value is -4.74. The van der Waals surface area contributed by atoms with E-state index in [0.717, 1.165) is 12.1 Å². The summed E-state index contributed by atoms with van der Waals surface area (Å²) in [6.45, 7) is 1.96. The Labute approximate surface area is 193 Å². The second-order valence-electron chi connectivity index (χ2n) is 7.51. The highest BCUT2D eigenvalue weighted by molar-refractivity contribution is 5.99. The number of fused-ring (bicyclic) bond motifs is 1. The summed E-state index contributed by atoms with van der Waals surface area (Å²) >= 11 is 0. The van der Waals surface area contributed by atoms with E-state index in [1.165, 1.54) is 10.2 Å². The summed E-state index contributed by atoms with van der Waals surface area (Å²) in [6, 6.07) is 15.2. The number of amides is 1. The van der Waals surface area contributed by atoms with Crippen molar-refractivity contribution in [3.8, 4) is 28.6 Å². The van der Waals surface area contributed by atoms with Crippen molar-refractivity contribution in [1.82, 2.24) is 30.7 Å². The van der Waals surface area contributed by atoms with E-state index in [0.29, 0.717) is 29.2 Å². The first kappa shape index (κ1) is 21.1. The number of nitrogens with two attached hydrogens (primary N) is 1. The lowest BCUT2D eigenvalue weighted by Crippen LogP contribution is -2.20. The first-order valence-electron chi connectivity index (χ1n) is 10.4. The topological polar surface area (TPSA) is 156 Å². The summed E-state index contributed by atoms with van der Waals surface area (Å²) < 4.78 is 16.8. The molecule has 0 fully saturated rings. The van der Waals surface area contributed by atoms with Crippen molar-refractivity contribution < 1.29 is 18.9 Å². The van der Waals surface area contributed by atoms with Crippen molar-refractivity contribution >= 4 is 17.4 Å². The third-order valence-corrected chi connectivity index (χ3v) is 5.19. The number of nitrogens with one attached hydrogen (secondary N) is 1. The maximum absolute atomic E-state index is 13.0. The van der Waals surface area contributed by atoms with Gasteiger partial charge in [-0.3, -0.25) is 4.79 Å². The minimum absolute atomic E-state index is 0.00590. The largest absolute Gasteiger partial charge is 0.454 e. The molecule has 12 heteroatoms. The molecule has 0 spiro atoms. The van der Waals surface area contributed by atoms with Gasteiger partial charge in [-0.1, -0.05) is 35.5 Å². The van der Waals surface area contributed by atoms with Crippen LogP contribution in [0.2, 0.25) is 0 Å². The van der Waals surface area contributed by atoms with Crippen LogP contribution in [0.1, 0.15) is 29.4 Å². The summed E-state index contributed by atoms with van der Waals surface area (Å²) in [7, 11) is 0. The lowest BCUT2D eigenvalue weighted by molar-refractivity contribution is 0.0950. The Balaban J connectivity index is 1.42. The van der Waals surface area contributed by atoms with E-state index in [-0.39, 0.29) is 24.1 Å². The van der Waals surface area contributed by atoms with Crippen molar-refractivity contribution in [2.24, 2.45) is 5.10 Å². The summed E-state index contributed by atoms with van der Waals surface area (Å²) in [5.41, 5.74) is 11.3. The number of hydrogen-bond donors (Lipinski definition) is 2. The molecule has 0 bridgehead atoms. The van der Waals surface area contributed by atoms with Gasteiger partial charge < -0.3 is 15.2 Å². The molecule has 12 nitrogen and oxygen atoms in total. The maximum Gasteiger partial charge on any atom is 0.294 e. The molecule has 0 unspecified atom stereocenters. The molecule has 5 rings (SSSR count). The Morgan fingerprint density at radius 2 is 1.97 bits per heavy atom. The van der Waals surface area contributed by atoms with E-state index in [4.69, 9.17) is 19.8 Å². The second kappa shape index (κ2) is 9.02. The van der Waals surface area contributed by atoms with Crippen LogP contribution in [0.3, 0.4) is 0 Å². The second-order valence-corrected chi connectivity index (χ2v) is 7.51. The number of benzene rings is 2. The number of nitrogen functional groups attached to an aromatic ring is 1. The zero-order valence-electron chi connectivity index (χ0n) is 18.1. The van der Waals surface area contributed by atoms with Crippen molar-refractivity contribution in [1.29, 1.82) is 0 Å². The van der Waals surface area contributed by atoms with Crippen molar-refractivity contribution in [2.45, 2.75) is 19.8 Å². The number of aryl methyl sites for hydroxylation is 1. The van der Waals surface area contributed by atoms with E-state index in [1.807, 2.05) is 37.3 Å². The first-order valence-corrected chi connectivity index (χ1v) is 10.4. The van der Waals surface area contributed by atoms with Crippen LogP contribution in [0.5, 0.6) is 11.5 Å². The summed E-state index contributed by atoms with van der Waals surface area (Å²) in [5.74, 6) is 0.663. The van der Waals surface area contributed by atoms with Gasteiger partial charge in [-0.05, 0) is 53.8 Å². The molecule has 172 valence electrons. The van der Waals surface area contributed by atoms with Gasteiger partial charge in [-0.2, -0.15) is 9.78 Å². The Kier molecular flexibility index (Phi) is 5.60. The van der Waals surface area contributed by atoms with Crippen LogP contribution < -0.4 is 20.6 Å². The molecule has 3 heterocycles. The van der Waals surface area contributed by atoms with Crippen LogP contribution in [0.15, 0.2) is 58.3 Å². The zero-order valence-corrected chi connectivity index (χ0v) is 18.1. The first-order chi connectivity index (χ1) is 16.6. The van der Waals surface area contributed by atoms with E-state index >= 15 is 0 Å². The van der Waals surface area contributed by atoms with Crippen LogP contribution in [0.4, 0.5) is 5.82 Å². The third-order valence-electron chi connectivity index (χ3n) is 5.19. The normalized spacial score (nSPS) is 12.7. The average molecular weight is 460 g/mol. The maximum atomic E-state index is 13.0. The number of carbonyl (C=O) groups excluding carboxylic acids is 1. The van der Waals surface area contributed by atoms with Gasteiger partial charge >= 0.3 is 0 Å². The van der Waals surface area contributed by atoms with Gasteiger partial charge in [0.25, 0.3) is 5.91 Å². The standard InChI is InChI=1S/C22H20N8O4/c1-13(7-8-14-5-3-2-4-6-14)24-26-22(31)18-19(15-9-10-16-17(11-15)33-12-32-16)30(29-25-18)21-20(23)27-34-28-21/h2-6,9-11H,7-8,12H2,1H3,(H2,23,27)(H,26,31)/b24-13-. The lowest BCUT2D eigenvalue weighted by atomic mass is 10.1. The zero-order chi connectivity index (χ0) is 23.5. The molecule has 34 heavy (non-hydrogen) atoms. The lowest BCUT2D eigenvalue weighted by Gasteiger charge is -2.07. The van der Waals surface area contributed by atoms with Crippen molar-refractivity contribution in [2.75, 3.05) is 12.5 Å². The van der Waals surface area contributed by atoms with Gasteiger partial charge in [-0.15, -0.1) is 5.10 Å². The Morgan fingerprint density at radius 3 is 2.76 bits per heavy atom. The van der Waals surface area contributed by atoms with Gasteiger partial charge in [0.05, 0.1) is 0 Å². The van der Waals surface area contributed by atoms with Crippen LogP contribution in [0.25, 0.3) is 17.1 Å². The minimum atomic E-state index is -0.548. The molecule has 0 atom stereocenters. The molecule has 0 saturated heterocycles. The SMILES string of the molecule is C/C(CCc1ccccc1)=N/NC(=O)c1nnn(-c2nonc2N)c1-c1ccc2c(c1)OCO2. The third kappa shape index (κ3) is 4.16.